The predicted molar refractivity (Wildman–Crippen MR) is 244 cm³/mol. The molecule has 336 valence electrons. The van der Waals surface area contributed by atoms with Crippen molar-refractivity contribution in [2.24, 2.45) is 81.8 Å². The fourth-order valence-electron chi connectivity index (χ4n) is 16.1. The average molecular weight is 932 g/mol. The van der Waals surface area contributed by atoms with Gasteiger partial charge in [-0.25, -0.2) is 4.68 Å². The molecule has 0 unspecified atom stereocenters. The summed E-state index contributed by atoms with van der Waals surface area (Å²) in [4.78, 5) is 25.6. The highest BCUT2D eigenvalue weighted by Gasteiger charge is 2.60. The second-order valence-corrected chi connectivity index (χ2v) is 22.1. The van der Waals surface area contributed by atoms with E-state index >= 15 is 0 Å². The summed E-state index contributed by atoms with van der Waals surface area (Å²) < 4.78 is 1.68. The number of H-pyrrole nitrogens is 1. The number of carbonyl (C=O) groups excluding carboxylic acids is 2. The first-order chi connectivity index (χ1) is 28.2. The fraction of sp³-hybridized carbons (Fsp3) is 0.872. The number of hydrogen-bond acceptors (Lipinski definition) is 10. The minimum Gasteiger partial charge on any atom is -0.390 e. The van der Waals surface area contributed by atoms with Crippen LogP contribution in [0.15, 0.2) is 24.8 Å². The number of nitrogens with zero attached hydrogens (tertiary/aromatic N) is 5. The molecule has 8 aliphatic carbocycles. The van der Waals surface area contributed by atoms with Gasteiger partial charge in [0.2, 0.25) is 0 Å². The molecule has 0 spiro atoms. The maximum absolute atomic E-state index is 13.1. The Morgan fingerprint density at radius 3 is 1.53 bits per heavy atom. The van der Waals surface area contributed by atoms with Gasteiger partial charge < -0.3 is 10.2 Å². The summed E-state index contributed by atoms with van der Waals surface area (Å²) in [5.41, 5.74) is -0.424. The molecule has 2 heterocycles. The van der Waals surface area contributed by atoms with Crippen LogP contribution in [0.4, 0.5) is 0 Å². The number of hydrogen-bond donors (Lipinski definition) is 3. The van der Waals surface area contributed by atoms with Gasteiger partial charge in [0.15, 0.2) is 5.78 Å². The van der Waals surface area contributed by atoms with Gasteiger partial charge in [-0.15, -0.1) is 5.10 Å². The van der Waals surface area contributed by atoms with Crippen LogP contribution in [-0.2, 0) is 38.5 Å². The molecular formula is C47H75BrN6O4S2. The molecule has 13 heteroatoms. The standard InChI is InChI=1S/C23H35N3O2.C21H33BrO2.C2H3N3.CH4.S2/c1-22(28)9-7-16-15(13-22)3-4-18-17(16)8-10-23(2)19(18)5-6-20(23)21(27)14-26-12-11-24-25-26;1-20(24)9-7-14-13(11-20)3-4-16-15(14)8-10-21(2)17(16)5-6-18(21)19(23)12-22;1-2-4-5-3-1;;1-2/h11-12,15-20,28H,3-10,13-14H2,1-2H3;13-18,24H,3-12H2,1-2H3;1-2H,(H,3,4,5);1H4;/t15-,16-,17+,18+,19-,20+,22+,23-;13-,14-,15+,16+,17-,18+,20+,21-;;;/m00.../s1. The second-order valence-electron chi connectivity index (χ2n) is 21.5. The van der Waals surface area contributed by atoms with Gasteiger partial charge in [-0.3, -0.25) is 9.59 Å². The van der Waals surface area contributed by atoms with Gasteiger partial charge in [0.25, 0.3) is 0 Å². The lowest BCUT2D eigenvalue weighted by atomic mass is 9.49. The highest BCUT2D eigenvalue weighted by Crippen LogP contribution is 2.66. The molecule has 2 aromatic rings. The predicted octanol–water partition coefficient (Wildman–Crippen LogP) is 9.27. The highest BCUT2D eigenvalue weighted by molar-refractivity contribution is 9.09. The van der Waals surface area contributed by atoms with Crippen molar-refractivity contribution < 1.29 is 19.8 Å². The van der Waals surface area contributed by atoms with E-state index in [1.165, 1.54) is 77.0 Å². The van der Waals surface area contributed by atoms with Crippen LogP contribution in [0.1, 0.15) is 151 Å². The van der Waals surface area contributed by atoms with Gasteiger partial charge in [-0.2, -0.15) is 15.4 Å². The van der Waals surface area contributed by atoms with E-state index < -0.39 is 11.2 Å². The number of aromatic nitrogens is 6. The van der Waals surface area contributed by atoms with Crippen molar-refractivity contribution in [3.63, 3.8) is 0 Å². The summed E-state index contributed by atoms with van der Waals surface area (Å²) in [6, 6.07) is 0. The summed E-state index contributed by atoms with van der Waals surface area (Å²) in [7, 11) is 0. The van der Waals surface area contributed by atoms with Gasteiger partial charge in [-0.05, 0) is 199 Å². The van der Waals surface area contributed by atoms with E-state index in [1.807, 2.05) is 13.8 Å². The summed E-state index contributed by atoms with van der Waals surface area (Å²) in [5.74, 6) is 9.25. The number of ketones is 2. The molecule has 8 fully saturated rings. The van der Waals surface area contributed by atoms with E-state index in [0.29, 0.717) is 35.3 Å². The van der Waals surface area contributed by atoms with Crippen LogP contribution >= 0.6 is 15.9 Å². The van der Waals surface area contributed by atoms with Crippen molar-refractivity contribution in [2.75, 3.05) is 5.33 Å². The minimum absolute atomic E-state index is 0. The van der Waals surface area contributed by atoms with Gasteiger partial charge >= 0.3 is 0 Å². The SMILES string of the molecule is C.C[C@@]1(O)CC[C@H]2[C@@H](CC[C@@H]3[C@@H]2CC[C@]2(C)[C@@H](C(=O)CBr)CC[C@@H]32)C1.C[C@@]1(O)CC[C@H]2[C@@H](CC[C@@H]3[C@@H]2CC[C@]2(C)[C@@H](C(=O)Cn4ccnn4)CC[C@@H]32)C1.S=S.c1cn[nH]n1. The summed E-state index contributed by atoms with van der Waals surface area (Å²) >= 11 is 10.8. The molecular weight excluding hydrogens is 857 g/mol. The van der Waals surface area contributed by atoms with Crippen LogP contribution in [0.2, 0.25) is 0 Å². The first-order valence-corrected chi connectivity index (χ1v) is 25.5. The van der Waals surface area contributed by atoms with E-state index in [9.17, 15) is 19.8 Å². The van der Waals surface area contributed by atoms with Crippen molar-refractivity contribution in [2.45, 2.75) is 168 Å². The molecule has 10 rings (SSSR count). The van der Waals surface area contributed by atoms with E-state index in [-0.39, 0.29) is 24.2 Å². The molecule has 8 saturated carbocycles. The maximum Gasteiger partial charge on any atom is 0.157 e. The molecule has 10 nitrogen and oxygen atoms in total. The molecule has 0 aliphatic heterocycles. The third kappa shape index (κ3) is 9.61. The van der Waals surface area contributed by atoms with Crippen LogP contribution in [0.3, 0.4) is 0 Å². The molecule has 2 aromatic heterocycles. The van der Waals surface area contributed by atoms with E-state index in [1.54, 1.807) is 29.5 Å². The number of halogens is 1. The Morgan fingerprint density at radius 1 is 0.650 bits per heavy atom. The molecule has 8 aliphatic rings. The number of carbonyl (C=O) groups is 2. The summed E-state index contributed by atoms with van der Waals surface area (Å²) in [5, 5.41) is 38.8. The fourth-order valence-corrected chi connectivity index (χ4v) is 16.5. The Balaban J connectivity index is 0.000000173. The third-order valence-electron chi connectivity index (χ3n) is 18.5. The second kappa shape index (κ2) is 19.7. The van der Waals surface area contributed by atoms with Crippen molar-refractivity contribution in [1.82, 2.24) is 30.4 Å². The van der Waals surface area contributed by atoms with Gasteiger partial charge in [0, 0.05) is 40.4 Å². The Labute approximate surface area is 378 Å². The van der Waals surface area contributed by atoms with Gasteiger partial charge in [-0.1, -0.05) is 42.4 Å². The zero-order valence-corrected chi connectivity index (χ0v) is 39.2. The highest BCUT2D eigenvalue weighted by atomic mass is 79.9. The Bertz CT molecular complexity index is 1680. The van der Waals surface area contributed by atoms with Crippen molar-refractivity contribution >= 4 is 49.9 Å². The van der Waals surface area contributed by atoms with Gasteiger partial charge in [0.1, 0.15) is 12.3 Å². The summed E-state index contributed by atoms with van der Waals surface area (Å²) in [6.45, 7) is 9.31. The van der Waals surface area contributed by atoms with Crippen molar-refractivity contribution in [3.05, 3.63) is 24.8 Å². The van der Waals surface area contributed by atoms with Crippen molar-refractivity contribution in [3.8, 4) is 0 Å². The number of aliphatic hydroxyl groups is 2. The molecule has 0 radical (unpaired) electrons. The minimum atomic E-state index is -0.441. The number of fused-ring (bicyclic) bond motifs is 10. The Morgan fingerprint density at radius 2 is 1.12 bits per heavy atom. The Kier molecular flexibility index (Phi) is 15.7. The molecule has 60 heavy (non-hydrogen) atoms. The van der Waals surface area contributed by atoms with E-state index in [4.69, 9.17) is 0 Å². The molecule has 0 bridgehead atoms. The van der Waals surface area contributed by atoms with Crippen molar-refractivity contribution in [1.29, 1.82) is 0 Å². The molecule has 0 aromatic carbocycles. The first kappa shape index (κ1) is 47.9. The lowest BCUT2D eigenvalue weighted by molar-refractivity contribution is -0.133. The van der Waals surface area contributed by atoms with Crippen LogP contribution < -0.4 is 0 Å². The monoisotopic (exact) mass is 930 g/mol. The lowest BCUT2D eigenvalue weighted by Gasteiger charge is -2.56. The Hall–Kier alpha value is -1.54. The molecule has 0 amide bonds. The average Bonchev–Trinajstić information content (AvgIpc) is 4.06. The number of nitrogens with one attached hydrogen (secondary N) is 1. The number of Topliss-reactive ketones (excluding diaryl/α,β-unsaturated/α-hetero) is 2. The quantitative estimate of drug-likeness (QED) is 0.248. The molecule has 0 saturated heterocycles. The topological polar surface area (TPSA) is 147 Å². The largest absolute Gasteiger partial charge is 0.390 e. The van der Waals surface area contributed by atoms with Crippen LogP contribution in [0.25, 0.3) is 0 Å². The normalized spacial score (nSPS) is 44.6. The molecule has 3 N–H and O–H groups in total. The maximum atomic E-state index is 13.1. The number of rotatable bonds is 5. The van der Waals surface area contributed by atoms with E-state index in [2.05, 4.69) is 77.9 Å². The summed E-state index contributed by atoms with van der Waals surface area (Å²) in [6.07, 6.45) is 28.0. The third-order valence-corrected chi connectivity index (χ3v) is 19.1. The van der Waals surface area contributed by atoms with Crippen LogP contribution in [-0.4, -0.2) is 68.7 Å². The van der Waals surface area contributed by atoms with Crippen LogP contribution in [0.5, 0.6) is 0 Å². The van der Waals surface area contributed by atoms with Gasteiger partial charge in [0.05, 0.1) is 35.1 Å². The number of aromatic amines is 1. The zero-order valence-electron chi connectivity index (χ0n) is 36.0. The lowest BCUT2D eigenvalue weighted by Crippen LogP contribution is -2.51. The van der Waals surface area contributed by atoms with E-state index in [0.717, 1.165) is 91.8 Å². The number of alkyl halides is 1. The first-order valence-electron chi connectivity index (χ1n) is 23.1. The molecule has 16 atom stereocenters. The smallest absolute Gasteiger partial charge is 0.157 e. The van der Waals surface area contributed by atoms with Crippen LogP contribution in [0, 0.1) is 81.8 Å². The zero-order chi connectivity index (χ0) is 42.2.